The number of ether oxygens (including phenoxy) is 2. The molecule has 0 atom stereocenters. The second-order valence-corrected chi connectivity index (χ2v) is 5.10. The molecular weight excluding hydrogens is 338 g/mol. The standard InChI is InChI=1S/C15H14BrNO4/c1-3-21-15(19)14-11(6-7-13(18)20-2)10-5-4-9(16)8-12(10)17-14/h4-8,17H,3H2,1-2H3/b7-6+. The highest BCUT2D eigenvalue weighted by Crippen LogP contribution is 2.27. The maximum absolute atomic E-state index is 12.0. The Bertz CT molecular complexity index is 718. The van der Waals surface area contributed by atoms with Crippen molar-refractivity contribution in [2.75, 3.05) is 13.7 Å². The van der Waals surface area contributed by atoms with Crippen molar-refractivity contribution >= 4 is 44.8 Å². The number of rotatable bonds is 4. The van der Waals surface area contributed by atoms with Gasteiger partial charge in [-0.05, 0) is 25.1 Å². The third kappa shape index (κ3) is 3.33. The van der Waals surface area contributed by atoms with Crippen LogP contribution in [0.1, 0.15) is 23.0 Å². The smallest absolute Gasteiger partial charge is 0.355 e. The van der Waals surface area contributed by atoms with Gasteiger partial charge in [-0.2, -0.15) is 0 Å². The molecule has 0 unspecified atom stereocenters. The second-order valence-electron chi connectivity index (χ2n) is 4.18. The fraction of sp³-hybridized carbons (Fsp3) is 0.200. The molecule has 0 radical (unpaired) electrons. The molecule has 21 heavy (non-hydrogen) atoms. The van der Waals surface area contributed by atoms with Crippen molar-refractivity contribution in [1.82, 2.24) is 4.98 Å². The molecule has 5 nitrogen and oxygen atoms in total. The van der Waals surface area contributed by atoms with Crippen molar-refractivity contribution in [3.63, 3.8) is 0 Å². The topological polar surface area (TPSA) is 68.4 Å². The Hall–Kier alpha value is -2.08. The lowest BCUT2D eigenvalue weighted by atomic mass is 10.1. The zero-order valence-electron chi connectivity index (χ0n) is 11.6. The second kappa shape index (κ2) is 6.58. The van der Waals surface area contributed by atoms with Crippen LogP contribution in [0.25, 0.3) is 17.0 Å². The van der Waals surface area contributed by atoms with Crippen molar-refractivity contribution in [2.45, 2.75) is 6.92 Å². The van der Waals surface area contributed by atoms with Crippen LogP contribution in [0.4, 0.5) is 0 Å². The van der Waals surface area contributed by atoms with E-state index >= 15 is 0 Å². The van der Waals surface area contributed by atoms with Crippen molar-refractivity contribution in [3.8, 4) is 0 Å². The number of hydrogen-bond donors (Lipinski definition) is 1. The van der Waals surface area contributed by atoms with Crippen molar-refractivity contribution < 1.29 is 19.1 Å². The van der Waals surface area contributed by atoms with E-state index in [1.807, 2.05) is 18.2 Å². The first-order valence-corrected chi connectivity index (χ1v) is 7.10. The first kappa shape index (κ1) is 15.3. The molecule has 1 N–H and O–H groups in total. The molecule has 0 aliphatic rings. The summed E-state index contributed by atoms with van der Waals surface area (Å²) in [7, 11) is 1.30. The molecular formula is C15H14BrNO4. The number of methoxy groups -OCH3 is 1. The Morgan fingerprint density at radius 1 is 1.38 bits per heavy atom. The fourth-order valence-corrected chi connectivity index (χ4v) is 2.31. The van der Waals surface area contributed by atoms with Gasteiger partial charge in [0, 0.05) is 27.0 Å². The zero-order chi connectivity index (χ0) is 15.4. The zero-order valence-corrected chi connectivity index (χ0v) is 13.2. The van der Waals surface area contributed by atoms with Gasteiger partial charge < -0.3 is 14.5 Å². The number of fused-ring (bicyclic) bond motifs is 1. The van der Waals surface area contributed by atoms with Gasteiger partial charge in [0.2, 0.25) is 0 Å². The summed E-state index contributed by atoms with van der Waals surface area (Å²) in [6.07, 6.45) is 2.82. The van der Waals surface area contributed by atoms with Crippen LogP contribution < -0.4 is 0 Å². The van der Waals surface area contributed by atoms with Gasteiger partial charge in [-0.3, -0.25) is 0 Å². The van der Waals surface area contributed by atoms with Crippen molar-refractivity contribution in [2.24, 2.45) is 0 Å². The molecule has 2 aromatic rings. The molecule has 1 heterocycles. The third-order valence-corrected chi connectivity index (χ3v) is 3.36. The Morgan fingerprint density at radius 3 is 2.81 bits per heavy atom. The first-order valence-electron chi connectivity index (χ1n) is 6.31. The molecule has 0 saturated heterocycles. The highest BCUT2D eigenvalue weighted by atomic mass is 79.9. The Balaban J connectivity index is 2.57. The average molecular weight is 352 g/mol. The molecule has 0 amide bonds. The molecule has 6 heteroatoms. The summed E-state index contributed by atoms with van der Waals surface area (Å²) in [5.41, 5.74) is 1.68. The molecule has 1 aromatic heterocycles. The fourth-order valence-electron chi connectivity index (χ4n) is 1.95. The first-order chi connectivity index (χ1) is 10.1. The van der Waals surface area contributed by atoms with E-state index in [9.17, 15) is 9.59 Å². The number of H-pyrrole nitrogens is 1. The van der Waals surface area contributed by atoms with Gasteiger partial charge in [0.05, 0.1) is 13.7 Å². The predicted octanol–water partition coefficient (Wildman–Crippen LogP) is 3.29. The summed E-state index contributed by atoms with van der Waals surface area (Å²) in [6.45, 7) is 2.01. The summed E-state index contributed by atoms with van der Waals surface area (Å²) in [6, 6.07) is 5.57. The summed E-state index contributed by atoms with van der Waals surface area (Å²) in [4.78, 5) is 26.3. The van der Waals surface area contributed by atoms with E-state index in [1.165, 1.54) is 13.2 Å². The highest BCUT2D eigenvalue weighted by molar-refractivity contribution is 9.10. The number of hydrogen-bond acceptors (Lipinski definition) is 4. The molecule has 0 aliphatic heterocycles. The molecule has 2 rings (SSSR count). The van der Waals surface area contributed by atoms with Gasteiger partial charge in [0.1, 0.15) is 5.69 Å². The number of carbonyl (C=O) groups excluding carboxylic acids is 2. The Kier molecular flexibility index (Phi) is 4.80. The van der Waals surface area contributed by atoms with E-state index < -0.39 is 11.9 Å². The molecule has 0 spiro atoms. The predicted molar refractivity (Wildman–Crippen MR) is 83.0 cm³/mol. The normalized spacial score (nSPS) is 11.0. The summed E-state index contributed by atoms with van der Waals surface area (Å²) >= 11 is 3.38. The van der Waals surface area contributed by atoms with E-state index in [-0.39, 0.29) is 6.61 Å². The number of benzene rings is 1. The van der Waals surface area contributed by atoms with E-state index in [4.69, 9.17) is 4.74 Å². The number of halogens is 1. The van der Waals surface area contributed by atoms with Crippen molar-refractivity contribution in [3.05, 3.63) is 40.0 Å². The maximum Gasteiger partial charge on any atom is 0.355 e. The van der Waals surface area contributed by atoms with Gasteiger partial charge in [0.15, 0.2) is 0 Å². The van der Waals surface area contributed by atoms with Gasteiger partial charge in [-0.25, -0.2) is 9.59 Å². The third-order valence-electron chi connectivity index (χ3n) is 2.87. The van der Waals surface area contributed by atoms with Crippen LogP contribution in [0, 0.1) is 0 Å². The molecule has 0 fully saturated rings. The van der Waals surface area contributed by atoms with Gasteiger partial charge in [-0.15, -0.1) is 0 Å². The van der Waals surface area contributed by atoms with Crippen LogP contribution in [-0.4, -0.2) is 30.6 Å². The molecule has 110 valence electrons. The molecule has 1 aromatic carbocycles. The van der Waals surface area contributed by atoms with E-state index in [0.717, 1.165) is 15.4 Å². The lowest BCUT2D eigenvalue weighted by Crippen LogP contribution is -2.06. The molecule has 0 bridgehead atoms. The van der Waals surface area contributed by atoms with Gasteiger partial charge in [0.25, 0.3) is 0 Å². The van der Waals surface area contributed by atoms with Gasteiger partial charge in [-0.1, -0.05) is 22.0 Å². The molecule has 0 saturated carbocycles. The minimum absolute atomic E-state index is 0.276. The van der Waals surface area contributed by atoms with Crippen LogP contribution >= 0.6 is 15.9 Å². The molecule has 0 aliphatic carbocycles. The van der Waals surface area contributed by atoms with E-state index in [0.29, 0.717) is 11.3 Å². The lowest BCUT2D eigenvalue weighted by molar-refractivity contribution is -0.134. The van der Waals surface area contributed by atoms with E-state index in [2.05, 4.69) is 25.7 Å². The summed E-state index contributed by atoms with van der Waals surface area (Å²) in [5.74, 6) is -0.953. The number of esters is 2. The Morgan fingerprint density at radius 2 is 2.14 bits per heavy atom. The van der Waals surface area contributed by atoms with Crippen LogP contribution in [0.2, 0.25) is 0 Å². The van der Waals surface area contributed by atoms with Gasteiger partial charge >= 0.3 is 11.9 Å². The lowest BCUT2D eigenvalue weighted by Gasteiger charge is -2.00. The SMILES string of the molecule is CCOC(=O)c1[nH]c2cc(Br)ccc2c1/C=C/C(=O)OC. The van der Waals surface area contributed by atoms with Crippen LogP contribution in [0.5, 0.6) is 0 Å². The number of aromatic nitrogens is 1. The van der Waals surface area contributed by atoms with Crippen LogP contribution in [-0.2, 0) is 14.3 Å². The minimum atomic E-state index is -0.490. The number of nitrogens with one attached hydrogen (secondary N) is 1. The summed E-state index contributed by atoms with van der Waals surface area (Å²) in [5, 5.41) is 0.821. The summed E-state index contributed by atoms with van der Waals surface area (Å²) < 4.78 is 10.5. The van der Waals surface area contributed by atoms with Crippen LogP contribution in [0.15, 0.2) is 28.7 Å². The number of carbonyl (C=O) groups is 2. The monoisotopic (exact) mass is 351 g/mol. The quantitative estimate of drug-likeness (QED) is 0.677. The largest absolute Gasteiger partial charge is 0.466 e. The number of aromatic amines is 1. The van der Waals surface area contributed by atoms with Crippen molar-refractivity contribution in [1.29, 1.82) is 0 Å². The average Bonchev–Trinajstić information content (AvgIpc) is 2.82. The van der Waals surface area contributed by atoms with E-state index in [1.54, 1.807) is 13.0 Å². The maximum atomic E-state index is 12.0. The highest BCUT2D eigenvalue weighted by Gasteiger charge is 2.17. The minimum Gasteiger partial charge on any atom is -0.466 e. The Labute approximate surface area is 130 Å². The van der Waals surface area contributed by atoms with Crippen LogP contribution in [0.3, 0.4) is 0 Å².